The molecule has 138 valence electrons. The van der Waals surface area contributed by atoms with Gasteiger partial charge in [0, 0.05) is 23.7 Å². The first-order valence-corrected chi connectivity index (χ1v) is 8.36. The smallest absolute Gasteiger partial charge is 0.238 e. The fraction of sp³-hybridized carbons (Fsp3) is 0.316. The number of hydrogen-bond donors (Lipinski definition) is 3. The summed E-state index contributed by atoms with van der Waals surface area (Å²) in [5.41, 5.74) is 7.51. The van der Waals surface area contributed by atoms with E-state index in [2.05, 4.69) is 16.2 Å². The summed E-state index contributed by atoms with van der Waals surface area (Å²) in [4.78, 5) is 12.4. The Morgan fingerprint density at radius 1 is 1.19 bits per heavy atom. The van der Waals surface area contributed by atoms with E-state index in [1.54, 1.807) is 32.4 Å². The van der Waals surface area contributed by atoms with Gasteiger partial charge in [-0.05, 0) is 18.6 Å². The van der Waals surface area contributed by atoms with E-state index in [4.69, 9.17) is 9.47 Å². The van der Waals surface area contributed by atoms with Crippen LogP contribution in [-0.4, -0.2) is 26.2 Å². The van der Waals surface area contributed by atoms with Crippen molar-refractivity contribution >= 4 is 5.91 Å². The van der Waals surface area contributed by atoms with Gasteiger partial charge in [-0.25, -0.2) is 15.2 Å². The molecule has 0 aromatic heterocycles. The highest BCUT2D eigenvalue weighted by molar-refractivity contribution is 5.82. The summed E-state index contributed by atoms with van der Waals surface area (Å²) >= 11 is 0. The van der Waals surface area contributed by atoms with Gasteiger partial charge < -0.3 is 14.8 Å². The van der Waals surface area contributed by atoms with E-state index in [-0.39, 0.29) is 24.3 Å². The summed E-state index contributed by atoms with van der Waals surface area (Å²) in [6.45, 7) is 0.153. The summed E-state index contributed by atoms with van der Waals surface area (Å²) < 4.78 is 24.3. The van der Waals surface area contributed by atoms with Gasteiger partial charge in [0.15, 0.2) is 0 Å². The third kappa shape index (κ3) is 3.95. The topological polar surface area (TPSA) is 71.6 Å². The lowest BCUT2D eigenvalue weighted by atomic mass is 10.0. The van der Waals surface area contributed by atoms with Crippen molar-refractivity contribution < 1.29 is 18.7 Å². The minimum absolute atomic E-state index is 0.0833. The average molecular weight is 359 g/mol. The van der Waals surface area contributed by atoms with Gasteiger partial charge >= 0.3 is 0 Å². The number of halogens is 1. The quantitative estimate of drug-likeness (QED) is 0.737. The summed E-state index contributed by atoms with van der Waals surface area (Å²) in [5.74, 6) is 0.883. The number of rotatable bonds is 6. The van der Waals surface area contributed by atoms with Gasteiger partial charge in [-0.2, -0.15) is 0 Å². The minimum Gasteiger partial charge on any atom is -0.497 e. The molecule has 3 rings (SSSR count). The first-order chi connectivity index (χ1) is 12.6. The molecule has 1 aliphatic heterocycles. The Morgan fingerprint density at radius 2 is 2.00 bits per heavy atom. The van der Waals surface area contributed by atoms with Crippen LogP contribution >= 0.6 is 0 Å². The summed E-state index contributed by atoms with van der Waals surface area (Å²) in [6, 6.07) is 11.5. The summed E-state index contributed by atoms with van der Waals surface area (Å²) in [5, 5.41) is 2.77. The van der Waals surface area contributed by atoms with Crippen molar-refractivity contribution in [2.45, 2.75) is 25.0 Å². The van der Waals surface area contributed by atoms with E-state index in [9.17, 15) is 9.18 Å². The number of nitrogens with one attached hydrogen (secondary N) is 3. The second-order valence-corrected chi connectivity index (χ2v) is 6.05. The SMILES string of the molecule is COc1ccc(C2CC(C(=O)NCc3ccccc3F)NN2)c(OC)c1. The predicted octanol–water partition coefficient (Wildman–Crippen LogP) is 2.07. The normalized spacial score (nSPS) is 19.2. The molecule has 3 N–H and O–H groups in total. The lowest BCUT2D eigenvalue weighted by Gasteiger charge is -2.15. The molecule has 0 spiro atoms. The van der Waals surface area contributed by atoms with Crippen LogP contribution in [0.2, 0.25) is 0 Å². The average Bonchev–Trinajstić information content (AvgIpc) is 3.16. The van der Waals surface area contributed by atoms with Crippen LogP contribution in [0.25, 0.3) is 0 Å². The van der Waals surface area contributed by atoms with Crippen LogP contribution in [-0.2, 0) is 11.3 Å². The number of hydrazine groups is 1. The maximum Gasteiger partial charge on any atom is 0.238 e. The van der Waals surface area contributed by atoms with Crippen molar-refractivity contribution in [2.24, 2.45) is 0 Å². The molecule has 2 aromatic rings. The molecule has 0 bridgehead atoms. The predicted molar refractivity (Wildman–Crippen MR) is 95.2 cm³/mol. The van der Waals surface area contributed by atoms with Gasteiger partial charge in [0.25, 0.3) is 0 Å². The van der Waals surface area contributed by atoms with E-state index in [0.29, 0.717) is 23.5 Å². The number of amides is 1. The van der Waals surface area contributed by atoms with Crippen LogP contribution in [0.3, 0.4) is 0 Å². The molecule has 26 heavy (non-hydrogen) atoms. The molecular formula is C19H22FN3O3. The molecule has 1 amide bonds. The van der Waals surface area contributed by atoms with Gasteiger partial charge in [0.1, 0.15) is 23.4 Å². The van der Waals surface area contributed by atoms with Gasteiger partial charge in [-0.1, -0.05) is 24.3 Å². The van der Waals surface area contributed by atoms with Crippen LogP contribution < -0.4 is 25.6 Å². The van der Waals surface area contributed by atoms with Crippen molar-refractivity contribution in [3.63, 3.8) is 0 Å². The number of ether oxygens (including phenoxy) is 2. The van der Waals surface area contributed by atoms with Crippen molar-refractivity contribution in [3.05, 3.63) is 59.4 Å². The van der Waals surface area contributed by atoms with Crippen LogP contribution in [0.5, 0.6) is 11.5 Å². The number of hydrogen-bond acceptors (Lipinski definition) is 5. The molecule has 2 unspecified atom stereocenters. The largest absolute Gasteiger partial charge is 0.497 e. The lowest BCUT2D eigenvalue weighted by Crippen LogP contribution is -2.42. The molecule has 1 heterocycles. The monoisotopic (exact) mass is 359 g/mol. The molecule has 1 saturated heterocycles. The van der Waals surface area contributed by atoms with Crippen LogP contribution in [0.15, 0.2) is 42.5 Å². The number of methoxy groups -OCH3 is 2. The fourth-order valence-electron chi connectivity index (χ4n) is 2.99. The molecule has 7 heteroatoms. The zero-order valence-corrected chi connectivity index (χ0v) is 14.7. The summed E-state index contributed by atoms with van der Waals surface area (Å²) in [6.07, 6.45) is 0.547. The Hall–Kier alpha value is -2.64. The summed E-state index contributed by atoms with van der Waals surface area (Å²) in [7, 11) is 3.19. The van der Waals surface area contributed by atoms with Crippen LogP contribution in [0.1, 0.15) is 23.6 Å². The van der Waals surface area contributed by atoms with E-state index in [0.717, 1.165) is 5.56 Å². The second kappa shape index (κ2) is 8.16. The van der Waals surface area contributed by atoms with Crippen molar-refractivity contribution in [1.82, 2.24) is 16.2 Å². The standard InChI is InChI=1S/C19H22FN3O3/c1-25-13-7-8-14(18(9-13)26-2)16-10-17(23-22-16)19(24)21-11-12-5-3-4-6-15(12)20/h3-9,16-17,22-23H,10-11H2,1-2H3,(H,21,24). The molecule has 6 nitrogen and oxygen atoms in total. The Bertz CT molecular complexity index is 784. The van der Waals surface area contributed by atoms with E-state index < -0.39 is 6.04 Å². The van der Waals surface area contributed by atoms with Crippen molar-refractivity contribution in [1.29, 1.82) is 0 Å². The molecular weight excluding hydrogens is 337 g/mol. The Balaban J connectivity index is 1.61. The third-order valence-electron chi connectivity index (χ3n) is 4.45. The molecule has 0 aliphatic carbocycles. The van der Waals surface area contributed by atoms with Crippen LogP contribution in [0.4, 0.5) is 4.39 Å². The molecule has 1 aliphatic rings. The second-order valence-electron chi connectivity index (χ2n) is 6.05. The molecule has 2 atom stereocenters. The Morgan fingerprint density at radius 3 is 2.73 bits per heavy atom. The van der Waals surface area contributed by atoms with Crippen LogP contribution in [0, 0.1) is 5.82 Å². The lowest BCUT2D eigenvalue weighted by molar-refractivity contribution is -0.123. The van der Waals surface area contributed by atoms with E-state index in [1.807, 2.05) is 18.2 Å². The highest BCUT2D eigenvalue weighted by Crippen LogP contribution is 2.33. The number of benzene rings is 2. The first-order valence-electron chi connectivity index (χ1n) is 8.36. The van der Waals surface area contributed by atoms with Crippen molar-refractivity contribution in [2.75, 3.05) is 14.2 Å². The fourth-order valence-corrected chi connectivity index (χ4v) is 2.99. The van der Waals surface area contributed by atoms with Gasteiger partial charge in [0.05, 0.1) is 20.3 Å². The van der Waals surface area contributed by atoms with E-state index >= 15 is 0 Å². The minimum atomic E-state index is -0.418. The maximum atomic E-state index is 13.6. The van der Waals surface area contributed by atoms with Crippen molar-refractivity contribution in [3.8, 4) is 11.5 Å². The van der Waals surface area contributed by atoms with Gasteiger partial charge in [0.2, 0.25) is 5.91 Å². The third-order valence-corrected chi connectivity index (χ3v) is 4.45. The van der Waals surface area contributed by atoms with E-state index in [1.165, 1.54) is 6.07 Å². The molecule has 0 radical (unpaired) electrons. The number of carbonyl (C=O) groups is 1. The molecule has 2 aromatic carbocycles. The first kappa shape index (κ1) is 18.2. The Kier molecular flexibility index (Phi) is 5.70. The zero-order chi connectivity index (χ0) is 18.5. The molecule has 0 saturated carbocycles. The van der Waals surface area contributed by atoms with Gasteiger partial charge in [-0.3, -0.25) is 4.79 Å². The van der Waals surface area contributed by atoms with Gasteiger partial charge in [-0.15, -0.1) is 0 Å². The molecule has 1 fully saturated rings. The maximum absolute atomic E-state index is 13.6. The zero-order valence-electron chi connectivity index (χ0n) is 14.7. The highest BCUT2D eigenvalue weighted by Gasteiger charge is 2.31. The number of carbonyl (C=O) groups excluding carboxylic acids is 1. The highest BCUT2D eigenvalue weighted by atomic mass is 19.1. The Labute approximate surface area is 151 Å².